The minimum Gasteiger partial charge on any atom is -0.294 e. The molecule has 0 heterocycles. The van der Waals surface area contributed by atoms with Gasteiger partial charge in [-0.05, 0) is 22.9 Å². The third kappa shape index (κ3) is 1.70. The molecular formula is C12H7BrO2. The highest BCUT2D eigenvalue weighted by atomic mass is 79.9. The number of hydrogen-bond acceptors (Lipinski definition) is 2. The lowest BCUT2D eigenvalue weighted by Crippen LogP contribution is -2.00. The van der Waals surface area contributed by atoms with Crippen LogP contribution in [0.4, 0.5) is 0 Å². The van der Waals surface area contributed by atoms with E-state index in [-0.39, 0.29) is 0 Å². The number of aldehydes is 1. The van der Waals surface area contributed by atoms with Crippen LogP contribution in [0.5, 0.6) is 0 Å². The molecule has 0 unspecified atom stereocenters. The number of carbonyl (C=O) groups is 2. The van der Waals surface area contributed by atoms with Crippen molar-refractivity contribution in [2.75, 3.05) is 0 Å². The lowest BCUT2D eigenvalue weighted by Gasteiger charge is -2.04. The van der Waals surface area contributed by atoms with Crippen molar-refractivity contribution < 1.29 is 9.59 Å². The molecule has 0 atom stereocenters. The molecule has 0 fully saturated rings. The quantitative estimate of drug-likeness (QED) is 0.474. The summed E-state index contributed by atoms with van der Waals surface area (Å²) in [7, 11) is 0. The van der Waals surface area contributed by atoms with Gasteiger partial charge in [0.1, 0.15) is 0 Å². The van der Waals surface area contributed by atoms with Gasteiger partial charge in [-0.25, -0.2) is 0 Å². The van der Waals surface area contributed by atoms with Crippen LogP contribution < -0.4 is 0 Å². The van der Waals surface area contributed by atoms with Gasteiger partial charge in [0.05, 0.1) is 0 Å². The molecule has 74 valence electrons. The van der Waals surface area contributed by atoms with Crippen LogP contribution in [0.3, 0.4) is 0 Å². The summed E-state index contributed by atoms with van der Waals surface area (Å²) in [5.74, 6) is -0.487. The van der Waals surface area contributed by atoms with Gasteiger partial charge in [0.15, 0.2) is 6.29 Å². The molecule has 0 bridgehead atoms. The third-order valence-corrected chi connectivity index (χ3v) is 2.93. The highest BCUT2D eigenvalue weighted by molar-refractivity contribution is 9.10. The van der Waals surface area contributed by atoms with Crippen LogP contribution in [0.1, 0.15) is 10.4 Å². The number of ketones is 1. The fourth-order valence-corrected chi connectivity index (χ4v) is 2.02. The normalized spacial score (nSPS) is 10.2. The molecule has 0 aliphatic heterocycles. The van der Waals surface area contributed by atoms with Crippen LogP contribution in [-0.2, 0) is 4.79 Å². The molecular weight excluding hydrogens is 256 g/mol. The number of fused-ring (bicyclic) bond motifs is 1. The summed E-state index contributed by atoms with van der Waals surface area (Å²) in [5, 5.41) is 1.73. The van der Waals surface area contributed by atoms with E-state index in [0.29, 0.717) is 11.8 Å². The van der Waals surface area contributed by atoms with E-state index in [4.69, 9.17) is 0 Å². The standard InChI is InChI=1S/C12H7BrO2/c13-11-6-5-10(12(15)7-14)8-3-1-2-4-9(8)11/h1-7H. The molecule has 2 rings (SSSR count). The number of rotatable bonds is 2. The molecule has 0 spiro atoms. The van der Waals surface area contributed by atoms with Crippen molar-refractivity contribution in [3.05, 3.63) is 46.4 Å². The summed E-state index contributed by atoms with van der Waals surface area (Å²) in [4.78, 5) is 21.8. The number of halogens is 1. The Hall–Kier alpha value is -1.48. The van der Waals surface area contributed by atoms with Gasteiger partial charge in [-0.1, -0.05) is 40.2 Å². The van der Waals surface area contributed by atoms with Crippen molar-refractivity contribution in [3.8, 4) is 0 Å². The summed E-state index contributed by atoms with van der Waals surface area (Å²) in [6.07, 6.45) is 0.343. The second-order valence-corrected chi connectivity index (χ2v) is 3.98. The van der Waals surface area contributed by atoms with E-state index in [1.165, 1.54) is 0 Å². The molecule has 0 aliphatic carbocycles. The van der Waals surface area contributed by atoms with E-state index < -0.39 is 5.78 Å². The van der Waals surface area contributed by atoms with Crippen LogP contribution in [0.2, 0.25) is 0 Å². The third-order valence-electron chi connectivity index (χ3n) is 2.24. The van der Waals surface area contributed by atoms with E-state index in [9.17, 15) is 9.59 Å². The molecule has 2 aromatic rings. The first-order chi connectivity index (χ1) is 7.24. The first-order valence-corrected chi connectivity index (χ1v) is 5.20. The topological polar surface area (TPSA) is 34.1 Å². The zero-order valence-corrected chi connectivity index (χ0v) is 9.32. The minimum atomic E-state index is -0.487. The zero-order valence-electron chi connectivity index (χ0n) is 7.74. The average molecular weight is 263 g/mol. The van der Waals surface area contributed by atoms with Crippen molar-refractivity contribution in [3.63, 3.8) is 0 Å². The molecule has 2 nitrogen and oxygen atoms in total. The van der Waals surface area contributed by atoms with Gasteiger partial charge < -0.3 is 0 Å². The molecule has 0 radical (unpaired) electrons. The Labute approximate surface area is 95.0 Å². The number of benzene rings is 2. The van der Waals surface area contributed by atoms with Crippen molar-refractivity contribution in [2.45, 2.75) is 0 Å². The Morgan fingerprint density at radius 3 is 2.40 bits per heavy atom. The Kier molecular flexibility index (Phi) is 2.64. The van der Waals surface area contributed by atoms with E-state index >= 15 is 0 Å². The Morgan fingerprint density at radius 2 is 1.73 bits per heavy atom. The second kappa shape index (κ2) is 3.95. The molecule has 0 amide bonds. The maximum atomic E-state index is 11.4. The maximum Gasteiger partial charge on any atom is 0.225 e. The summed E-state index contributed by atoms with van der Waals surface area (Å²) in [5.41, 5.74) is 0.448. The predicted octanol–water partition coefficient (Wildman–Crippen LogP) is 2.98. The first-order valence-electron chi connectivity index (χ1n) is 4.41. The molecule has 3 heteroatoms. The van der Waals surface area contributed by atoms with Gasteiger partial charge in [0.25, 0.3) is 0 Å². The summed E-state index contributed by atoms with van der Waals surface area (Å²) >= 11 is 3.40. The molecule has 0 aliphatic rings. The monoisotopic (exact) mass is 262 g/mol. The Morgan fingerprint density at radius 1 is 1.07 bits per heavy atom. The zero-order chi connectivity index (χ0) is 10.8. The summed E-state index contributed by atoms with van der Waals surface area (Å²) in [6.45, 7) is 0. The Balaban J connectivity index is 2.83. The van der Waals surface area contributed by atoms with Gasteiger partial charge >= 0.3 is 0 Å². The van der Waals surface area contributed by atoms with Crippen molar-refractivity contribution in [2.24, 2.45) is 0 Å². The molecule has 0 N–H and O–H groups in total. The van der Waals surface area contributed by atoms with Crippen LogP contribution in [0.25, 0.3) is 10.8 Å². The van der Waals surface area contributed by atoms with Gasteiger partial charge in [0, 0.05) is 10.0 Å². The van der Waals surface area contributed by atoms with Crippen molar-refractivity contribution in [1.29, 1.82) is 0 Å². The maximum absolute atomic E-state index is 11.4. The van der Waals surface area contributed by atoms with Crippen molar-refractivity contribution in [1.82, 2.24) is 0 Å². The van der Waals surface area contributed by atoms with Gasteiger partial charge in [0.2, 0.25) is 5.78 Å². The lowest BCUT2D eigenvalue weighted by molar-refractivity contribution is -0.104. The van der Waals surface area contributed by atoms with Gasteiger partial charge in [-0.15, -0.1) is 0 Å². The average Bonchev–Trinajstić information content (AvgIpc) is 2.29. The molecule has 0 aromatic heterocycles. The van der Waals surface area contributed by atoms with Crippen LogP contribution in [-0.4, -0.2) is 12.1 Å². The van der Waals surface area contributed by atoms with E-state index in [1.54, 1.807) is 12.1 Å². The highest BCUT2D eigenvalue weighted by Crippen LogP contribution is 2.26. The second-order valence-electron chi connectivity index (χ2n) is 3.12. The summed E-state index contributed by atoms with van der Waals surface area (Å²) < 4.78 is 0.917. The van der Waals surface area contributed by atoms with Crippen LogP contribution in [0.15, 0.2) is 40.9 Å². The number of hydrogen-bond donors (Lipinski definition) is 0. The lowest BCUT2D eigenvalue weighted by atomic mass is 10.0. The molecule has 0 saturated carbocycles. The molecule has 2 aromatic carbocycles. The fraction of sp³-hybridized carbons (Fsp3) is 0. The number of carbonyl (C=O) groups excluding carboxylic acids is 2. The first kappa shape index (κ1) is 10.1. The van der Waals surface area contributed by atoms with Crippen LogP contribution in [0, 0.1) is 0 Å². The van der Waals surface area contributed by atoms with E-state index in [1.807, 2.05) is 24.3 Å². The Bertz CT molecular complexity index is 546. The highest BCUT2D eigenvalue weighted by Gasteiger charge is 2.09. The van der Waals surface area contributed by atoms with E-state index in [2.05, 4.69) is 15.9 Å². The summed E-state index contributed by atoms with van der Waals surface area (Å²) in [6, 6.07) is 10.9. The fourth-order valence-electron chi connectivity index (χ4n) is 1.54. The largest absolute Gasteiger partial charge is 0.294 e. The van der Waals surface area contributed by atoms with Gasteiger partial charge in [-0.3, -0.25) is 9.59 Å². The number of Topliss-reactive ketones (excluding diaryl/α,β-unsaturated/α-hetero) is 1. The minimum absolute atomic E-state index is 0.343. The molecule has 0 saturated heterocycles. The van der Waals surface area contributed by atoms with E-state index in [0.717, 1.165) is 15.2 Å². The van der Waals surface area contributed by atoms with Crippen molar-refractivity contribution >= 4 is 38.8 Å². The predicted molar refractivity (Wildman–Crippen MR) is 62.0 cm³/mol. The SMILES string of the molecule is O=CC(=O)c1ccc(Br)c2ccccc12. The smallest absolute Gasteiger partial charge is 0.225 e. The van der Waals surface area contributed by atoms with Crippen LogP contribution >= 0.6 is 15.9 Å². The molecule has 15 heavy (non-hydrogen) atoms. The van der Waals surface area contributed by atoms with Gasteiger partial charge in [-0.2, -0.15) is 0 Å².